The minimum absolute atomic E-state index is 0.729. The predicted molar refractivity (Wildman–Crippen MR) is 117 cm³/mol. The Kier molecular flexibility index (Phi) is 10.9. The molecule has 3 nitrogen and oxygen atoms in total. The van der Waals surface area contributed by atoms with Crippen LogP contribution < -0.4 is 9.47 Å². The smallest absolute Gasteiger partial charge is 0.123 e. The van der Waals surface area contributed by atoms with Gasteiger partial charge in [-0.1, -0.05) is 68.2 Å². The largest absolute Gasteiger partial charge is 0.497 e. The van der Waals surface area contributed by atoms with Crippen LogP contribution in [0, 0.1) is 0 Å². The molecule has 28 heavy (non-hydrogen) atoms. The molecule has 0 unspecified atom stereocenters. The Hall–Kier alpha value is -2.26. The summed E-state index contributed by atoms with van der Waals surface area (Å²) in [5.41, 5.74) is 2.37. The first-order valence-electron chi connectivity index (χ1n) is 10.3. The minimum atomic E-state index is 0.729. The van der Waals surface area contributed by atoms with Crippen molar-refractivity contribution in [2.75, 3.05) is 20.8 Å². The summed E-state index contributed by atoms with van der Waals surface area (Å²) in [6.07, 6.45) is 13.0. The zero-order valence-electron chi connectivity index (χ0n) is 17.4. The van der Waals surface area contributed by atoms with Gasteiger partial charge in [0.15, 0.2) is 0 Å². The molecule has 0 radical (unpaired) electrons. The van der Waals surface area contributed by atoms with Crippen molar-refractivity contribution in [3.8, 4) is 11.5 Å². The van der Waals surface area contributed by atoms with Crippen LogP contribution in [0.1, 0.15) is 56.1 Å². The molecule has 0 fully saturated rings. The SMILES string of the molecule is COc1cc(/C=C\CCCCCCCCOCc2ccccc2)cc(OC)c1. The van der Waals surface area contributed by atoms with Crippen LogP contribution in [0.15, 0.2) is 54.6 Å². The summed E-state index contributed by atoms with van der Waals surface area (Å²) in [4.78, 5) is 0. The molecule has 0 bridgehead atoms. The van der Waals surface area contributed by atoms with Crippen LogP contribution >= 0.6 is 0 Å². The number of methoxy groups -OCH3 is 2. The number of hydrogen-bond donors (Lipinski definition) is 0. The number of benzene rings is 2. The molecular formula is C25H34O3. The highest BCUT2D eigenvalue weighted by Gasteiger charge is 1.99. The maximum atomic E-state index is 5.73. The molecule has 0 amide bonds. The van der Waals surface area contributed by atoms with Crippen LogP contribution in [0.2, 0.25) is 0 Å². The van der Waals surface area contributed by atoms with Gasteiger partial charge in [0.2, 0.25) is 0 Å². The second kappa shape index (κ2) is 13.8. The van der Waals surface area contributed by atoms with Gasteiger partial charge in [-0.05, 0) is 42.5 Å². The van der Waals surface area contributed by atoms with Gasteiger partial charge in [-0.2, -0.15) is 0 Å². The van der Waals surface area contributed by atoms with E-state index in [9.17, 15) is 0 Å². The first kappa shape index (κ1) is 22.0. The molecule has 0 N–H and O–H groups in total. The van der Waals surface area contributed by atoms with E-state index in [4.69, 9.17) is 14.2 Å². The molecule has 0 heterocycles. The molecule has 0 aromatic heterocycles. The van der Waals surface area contributed by atoms with E-state index >= 15 is 0 Å². The van der Waals surface area contributed by atoms with Crippen molar-refractivity contribution < 1.29 is 14.2 Å². The van der Waals surface area contributed by atoms with Crippen molar-refractivity contribution in [1.29, 1.82) is 0 Å². The number of ether oxygens (including phenoxy) is 3. The fourth-order valence-electron chi connectivity index (χ4n) is 3.08. The summed E-state index contributed by atoms with van der Waals surface area (Å²) in [5.74, 6) is 1.65. The van der Waals surface area contributed by atoms with Gasteiger partial charge in [-0.25, -0.2) is 0 Å². The standard InChI is InChI=1S/C25H34O3/c1-26-24-18-23(19-25(20-24)27-2)16-10-7-5-3-4-6-8-13-17-28-21-22-14-11-9-12-15-22/h9-12,14-16,18-20H,3-8,13,17,21H2,1-2H3/b16-10-. The van der Waals surface area contributed by atoms with Crippen LogP contribution in [-0.4, -0.2) is 20.8 Å². The third-order valence-electron chi connectivity index (χ3n) is 4.71. The van der Waals surface area contributed by atoms with Crippen molar-refractivity contribution in [2.45, 2.75) is 51.6 Å². The maximum Gasteiger partial charge on any atom is 0.123 e. The Morgan fingerprint density at radius 1 is 0.750 bits per heavy atom. The second-order valence-corrected chi connectivity index (χ2v) is 7.00. The maximum absolute atomic E-state index is 5.73. The van der Waals surface area contributed by atoms with Gasteiger partial charge in [0, 0.05) is 12.7 Å². The van der Waals surface area contributed by atoms with Gasteiger partial charge >= 0.3 is 0 Å². The molecule has 0 aliphatic rings. The van der Waals surface area contributed by atoms with Crippen molar-refractivity contribution in [3.63, 3.8) is 0 Å². The molecule has 3 heteroatoms. The quantitative estimate of drug-likeness (QED) is 0.342. The third kappa shape index (κ3) is 9.09. The van der Waals surface area contributed by atoms with Gasteiger partial charge < -0.3 is 14.2 Å². The van der Waals surface area contributed by atoms with E-state index < -0.39 is 0 Å². The van der Waals surface area contributed by atoms with Crippen LogP contribution in [0.5, 0.6) is 11.5 Å². The zero-order valence-corrected chi connectivity index (χ0v) is 17.4. The third-order valence-corrected chi connectivity index (χ3v) is 4.71. The lowest BCUT2D eigenvalue weighted by molar-refractivity contribution is 0.116. The molecule has 0 spiro atoms. The van der Waals surface area contributed by atoms with Gasteiger partial charge in [-0.15, -0.1) is 0 Å². The molecular weight excluding hydrogens is 348 g/mol. The van der Waals surface area contributed by atoms with E-state index in [1.165, 1.54) is 37.7 Å². The summed E-state index contributed by atoms with van der Waals surface area (Å²) >= 11 is 0. The number of allylic oxidation sites excluding steroid dienone is 1. The van der Waals surface area contributed by atoms with Crippen LogP contribution in [0.3, 0.4) is 0 Å². The molecule has 0 atom stereocenters. The van der Waals surface area contributed by atoms with Gasteiger partial charge in [-0.3, -0.25) is 0 Å². The van der Waals surface area contributed by atoms with E-state index in [0.717, 1.165) is 43.1 Å². The van der Waals surface area contributed by atoms with Crippen molar-refractivity contribution in [3.05, 3.63) is 65.7 Å². The zero-order chi connectivity index (χ0) is 19.9. The molecule has 0 aliphatic carbocycles. The molecule has 0 saturated heterocycles. The van der Waals surface area contributed by atoms with Gasteiger partial charge in [0.1, 0.15) is 11.5 Å². The average Bonchev–Trinajstić information content (AvgIpc) is 2.74. The van der Waals surface area contributed by atoms with E-state index in [-0.39, 0.29) is 0 Å². The number of rotatable bonds is 14. The van der Waals surface area contributed by atoms with E-state index in [0.29, 0.717) is 0 Å². The Morgan fingerprint density at radius 2 is 1.39 bits per heavy atom. The van der Waals surface area contributed by atoms with Crippen LogP contribution in [-0.2, 0) is 11.3 Å². The Bertz CT molecular complexity index is 657. The fraction of sp³-hybridized carbons (Fsp3) is 0.440. The lowest BCUT2D eigenvalue weighted by atomic mass is 10.1. The molecule has 152 valence electrons. The van der Waals surface area contributed by atoms with Crippen molar-refractivity contribution >= 4 is 6.08 Å². The van der Waals surface area contributed by atoms with Gasteiger partial charge in [0.05, 0.1) is 20.8 Å². The lowest BCUT2D eigenvalue weighted by Gasteiger charge is -2.06. The normalized spacial score (nSPS) is 11.1. The molecule has 2 aromatic rings. The van der Waals surface area contributed by atoms with Crippen LogP contribution in [0.4, 0.5) is 0 Å². The molecule has 2 aromatic carbocycles. The van der Waals surface area contributed by atoms with E-state index in [2.05, 4.69) is 36.4 Å². The van der Waals surface area contributed by atoms with Crippen molar-refractivity contribution in [1.82, 2.24) is 0 Å². The summed E-state index contributed by atoms with van der Waals surface area (Å²) in [5, 5.41) is 0. The first-order chi connectivity index (χ1) is 13.8. The summed E-state index contributed by atoms with van der Waals surface area (Å²) in [6.45, 7) is 1.59. The second-order valence-electron chi connectivity index (χ2n) is 7.00. The highest BCUT2D eigenvalue weighted by atomic mass is 16.5. The topological polar surface area (TPSA) is 27.7 Å². The van der Waals surface area contributed by atoms with Gasteiger partial charge in [0.25, 0.3) is 0 Å². The Balaban J connectivity index is 1.47. The molecule has 2 rings (SSSR count). The fourth-order valence-corrected chi connectivity index (χ4v) is 3.08. The summed E-state index contributed by atoms with van der Waals surface area (Å²) in [6, 6.07) is 16.3. The first-order valence-corrected chi connectivity index (χ1v) is 10.3. The minimum Gasteiger partial charge on any atom is -0.497 e. The Labute approximate surface area is 170 Å². The number of unbranched alkanes of at least 4 members (excludes halogenated alkanes) is 6. The summed E-state index contributed by atoms with van der Waals surface area (Å²) < 4.78 is 16.3. The highest BCUT2D eigenvalue weighted by Crippen LogP contribution is 2.23. The lowest BCUT2D eigenvalue weighted by Crippen LogP contribution is -1.95. The monoisotopic (exact) mass is 382 g/mol. The van der Waals surface area contributed by atoms with Crippen molar-refractivity contribution in [2.24, 2.45) is 0 Å². The Morgan fingerprint density at radius 3 is 2.07 bits per heavy atom. The number of hydrogen-bond acceptors (Lipinski definition) is 3. The molecule has 0 saturated carbocycles. The van der Waals surface area contributed by atoms with Crippen LogP contribution in [0.25, 0.3) is 6.08 Å². The predicted octanol–water partition coefficient (Wildman–Crippen LogP) is 6.66. The molecule has 0 aliphatic heterocycles. The average molecular weight is 383 g/mol. The highest BCUT2D eigenvalue weighted by molar-refractivity contribution is 5.55. The summed E-state index contributed by atoms with van der Waals surface area (Å²) in [7, 11) is 3.36. The van der Waals surface area contributed by atoms with E-state index in [1.54, 1.807) is 14.2 Å². The van der Waals surface area contributed by atoms with E-state index in [1.807, 2.05) is 24.3 Å².